The zero-order valence-electron chi connectivity index (χ0n) is 21.9. The Morgan fingerprint density at radius 3 is 1.77 bits per heavy atom. The maximum Gasteiger partial charge on any atom is 0.573 e. The predicted molar refractivity (Wildman–Crippen MR) is 126 cm³/mol. The maximum absolute atomic E-state index is 15.0. The molecule has 6 rings (SSSR count). The molecule has 0 saturated carbocycles. The van der Waals surface area contributed by atoms with Crippen LogP contribution in [0, 0.1) is 34.5 Å². The molecule has 0 unspecified atom stereocenters. The molecule has 3 saturated heterocycles. The lowest BCUT2D eigenvalue weighted by Gasteiger charge is -2.51. The Morgan fingerprint density at radius 2 is 1.28 bits per heavy atom. The van der Waals surface area contributed by atoms with E-state index in [0.29, 0.717) is 48.9 Å². The van der Waals surface area contributed by atoms with Crippen LogP contribution in [0.4, 0.5) is 43.9 Å². The third-order valence-corrected chi connectivity index (χ3v) is 6.89. The summed E-state index contributed by atoms with van der Waals surface area (Å²) in [6.45, 7) is 2.40. The Kier molecular flexibility index (Phi) is 7.80. The van der Waals surface area contributed by atoms with E-state index in [0.717, 1.165) is 6.42 Å². The van der Waals surface area contributed by atoms with E-state index in [1.165, 1.54) is 0 Å². The summed E-state index contributed by atoms with van der Waals surface area (Å²) in [7, 11) is 0. The normalized spacial score (nSPS) is 22.1. The fourth-order valence-electron chi connectivity index (χ4n) is 4.94. The van der Waals surface area contributed by atoms with E-state index in [-0.39, 0.29) is 25.4 Å². The zero-order valence-corrected chi connectivity index (χ0v) is 21.9. The smallest absolute Gasteiger partial charge is 0.429 e. The van der Waals surface area contributed by atoms with Crippen molar-refractivity contribution in [3.05, 3.63) is 82.7 Å². The van der Waals surface area contributed by atoms with E-state index < -0.39 is 81.1 Å². The number of rotatable bonds is 8. The van der Waals surface area contributed by atoms with Gasteiger partial charge in [0.05, 0.1) is 19.8 Å². The Hall–Kier alpha value is -3.56. The molecule has 0 aromatic heterocycles. The first kappa shape index (κ1) is 30.9. The van der Waals surface area contributed by atoms with Crippen molar-refractivity contribution in [3.8, 4) is 22.6 Å². The van der Waals surface area contributed by atoms with Gasteiger partial charge in [0.2, 0.25) is 5.75 Å². The van der Waals surface area contributed by atoms with Crippen LogP contribution in [0.2, 0.25) is 0 Å². The molecule has 3 heterocycles. The van der Waals surface area contributed by atoms with Gasteiger partial charge in [-0.25, -0.2) is 22.0 Å². The fraction of sp³-hybridized carbons (Fsp3) is 0.357. The number of halogens is 10. The van der Waals surface area contributed by atoms with Crippen molar-refractivity contribution in [2.24, 2.45) is 5.41 Å². The molecule has 3 aliphatic heterocycles. The van der Waals surface area contributed by atoms with Gasteiger partial charge in [0, 0.05) is 22.6 Å². The third-order valence-electron chi connectivity index (χ3n) is 6.89. The molecular weight excluding hydrogens is 606 g/mol. The molecule has 0 spiro atoms. The molecule has 0 N–H and O–H groups in total. The molecule has 232 valence electrons. The van der Waals surface area contributed by atoms with Gasteiger partial charge in [-0.1, -0.05) is 13.3 Å². The number of hydrogen-bond acceptors (Lipinski definition) is 5. The summed E-state index contributed by atoms with van der Waals surface area (Å²) in [6.07, 6.45) is -8.62. The highest BCUT2D eigenvalue weighted by molar-refractivity contribution is 5.66. The van der Waals surface area contributed by atoms with E-state index in [4.69, 9.17) is 14.2 Å². The van der Waals surface area contributed by atoms with Crippen LogP contribution in [-0.4, -0.2) is 26.2 Å². The van der Waals surface area contributed by atoms with Crippen LogP contribution in [0.25, 0.3) is 11.1 Å². The minimum Gasteiger partial charge on any atom is -0.429 e. The van der Waals surface area contributed by atoms with Gasteiger partial charge >= 0.3 is 18.4 Å². The number of ether oxygens (including phenoxy) is 5. The van der Waals surface area contributed by atoms with E-state index in [1.54, 1.807) is 0 Å². The average molecular weight is 626 g/mol. The highest BCUT2D eigenvalue weighted by Crippen LogP contribution is 2.47. The van der Waals surface area contributed by atoms with Crippen molar-refractivity contribution in [2.45, 2.75) is 38.2 Å². The first-order valence-corrected chi connectivity index (χ1v) is 12.6. The van der Waals surface area contributed by atoms with Crippen molar-refractivity contribution < 1.29 is 67.6 Å². The largest absolute Gasteiger partial charge is 0.573 e. The molecule has 43 heavy (non-hydrogen) atoms. The summed E-state index contributed by atoms with van der Waals surface area (Å²) in [6, 6.07) is 3.44. The van der Waals surface area contributed by atoms with E-state index in [1.807, 2.05) is 6.92 Å². The molecule has 0 aliphatic carbocycles. The molecule has 0 atom stereocenters. The first-order chi connectivity index (χ1) is 20.1. The number of hydrogen-bond donors (Lipinski definition) is 0. The van der Waals surface area contributed by atoms with E-state index in [2.05, 4.69) is 9.47 Å². The standard InChI is InChI=1S/C28H20F10O5/c1-2-5-25-11-39-27(40-12-25,41-13-25)15-8-19(30)23(20(31)9-15)26(34,35)42-16-3-4-17(18(29)10-16)14-6-21(32)24(22(33)7-14)43-28(36,37)38/h3-4,6-10H,2,5,11-13H2,1H3. The highest BCUT2D eigenvalue weighted by atomic mass is 19.4. The first-order valence-electron chi connectivity index (χ1n) is 12.6. The van der Waals surface area contributed by atoms with Gasteiger partial charge in [0.1, 0.15) is 28.8 Å². The predicted octanol–water partition coefficient (Wildman–Crippen LogP) is 8.05. The second-order valence-corrected chi connectivity index (χ2v) is 10.1. The van der Waals surface area contributed by atoms with Crippen LogP contribution in [0.3, 0.4) is 0 Å². The number of alkyl halides is 5. The van der Waals surface area contributed by atoms with E-state index in [9.17, 15) is 43.9 Å². The molecule has 2 bridgehead atoms. The topological polar surface area (TPSA) is 46.2 Å². The van der Waals surface area contributed by atoms with Crippen LogP contribution in [0.15, 0.2) is 42.5 Å². The Labute approximate surface area is 236 Å². The third kappa shape index (κ3) is 5.97. The monoisotopic (exact) mass is 626 g/mol. The zero-order chi connectivity index (χ0) is 31.4. The van der Waals surface area contributed by atoms with Crippen LogP contribution in [-0.2, 0) is 26.3 Å². The van der Waals surface area contributed by atoms with Crippen LogP contribution < -0.4 is 9.47 Å². The highest BCUT2D eigenvalue weighted by Gasteiger charge is 2.54. The summed E-state index contributed by atoms with van der Waals surface area (Å²) in [5, 5.41) is 0. The summed E-state index contributed by atoms with van der Waals surface area (Å²) in [5.74, 6) is -13.3. The summed E-state index contributed by atoms with van der Waals surface area (Å²) >= 11 is 0. The summed E-state index contributed by atoms with van der Waals surface area (Å²) in [5.41, 5.74) is -3.86. The lowest BCUT2D eigenvalue weighted by molar-refractivity contribution is -0.480. The van der Waals surface area contributed by atoms with Crippen molar-refractivity contribution >= 4 is 0 Å². The second kappa shape index (κ2) is 10.9. The van der Waals surface area contributed by atoms with Gasteiger partial charge in [-0.3, -0.25) is 0 Å². The van der Waals surface area contributed by atoms with Gasteiger partial charge in [0.25, 0.3) is 0 Å². The molecule has 5 nitrogen and oxygen atoms in total. The average Bonchev–Trinajstić information content (AvgIpc) is 2.90. The second-order valence-electron chi connectivity index (χ2n) is 10.1. The Balaban J connectivity index is 1.37. The number of fused-ring (bicyclic) bond motifs is 3. The molecule has 15 heteroatoms. The van der Waals surface area contributed by atoms with Crippen molar-refractivity contribution in [1.82, 2.24) is 0 Å². The fourth-order valence-corrected chi connectivity index (χ4v) is 4.94. The summed E-state index contributed by atoms with van der Waals surface area (Å²) < 4.78 is 164. The Morgan fingerprint density at radius 1 is 0.721 bits per heavy atom. The molecule has 3 fully saturated rings. The maximum atomic E-state index is 15.0. The Bertz CT molecular complexity index is 1470. The lowest BCUT2D eigenvalue weighted by atomic mass is 9.83. The van der Waals surface area contributed by atoms with Crippen LogP contribution in [0.1, 0.15) is 30.9 Å². The van der Waals surface area contributed by atoms with Gasteiger partial charge in [-0.05, 0) is 48.4 Å². The van der Waals surface area contributed by atoms with E-state index >= 15 is 0 Å². The number of benzene rings is 3. The van der Waals surface area contributed by atoms with Crippen LogP contribution >= 0.6 is 0 Å². The van der Waals surface area contributed by atoms with Gasteiger partial charge in [-0.15, -0.1) is 13.2 Å². The van der Waals surface area contributed by atoms with Gasteiger partial charge in [-0.2, -0.15) is 8.78 Å². The van der Waals surface area contributed by atoms with Crippen molar-refractivity contribution in [1.29, 1.82) is 0 Å². The quantitative estimate of drug-likeness (QED) is 0.237. The minimum atomic E-state index is -5.42. The van der Waals surface area contributed by atoms with Gasteiger partial charge in [0.15, 0.2) is 11.6 Å². The molecule has 0 amide bonds. The van der Waals surface area contributed by atoms with Crippen molar-refractivity contribution in [2.75, 3.05) is 19.8 Å². The van der Waals surface area contributed by atoms with Crippen molar-refractivity contribution in [3.63, 3.8) is 0 Å². The van der Waals surface area contributed by atoms with Crippen LogP contribution in [0.5, 0.6) is 11.5 Å². The molecule has 3 aromatic rings. The minimum absolute atomic E-state index is 0.150. The summed E-state index contributed by atoms with van der Waals surface area (Å²) in [4.78, 5) is 0. The molecule has 3 aliphatic rings. The van der Waals surface area contributed by atoms with Gasteiger partial charge < -0.3 is 23.7 Å². The molecular formula is C28H20F10O5. The molecule has 0 radical (unpaired) electrons. The molecule has 3 aromatic carbocycles. The SMILES string of the molecule is CCCC12COC(c3cc(F)c(C(F)(F)Oc4ccc(-c5cc(F)c(OC(F)(F)F)c(F)c5)c(F)c4)c(F)c3)(OC1)OC2. The lowest BCUT2D eigenvalue weighted by Crippen LogP contribution is -2.58.